The minimum absolute atomic E-state index is 0.0247. The number of rotatable bonds is 2. The van der Waals surface area contributed by atoms with E-state index in [0.717, 1.165) is 10.0 Å². The molecule has 1 N–H and O–H groups in total. The lowest BCUT2D eigenvalue weighted by Crippen LogP contribution is -2.51. The SMILES string of the molecule is COC(=O)C1CS(=O)(=O)CC(c2ccccc2Br)N1. The second-order valence-corrected chi connectivity index (χ2v) is 7.40. The number of methoxy groups -OCH3 is 1. The Morgan fingerprint density at radius 3 is 2.68 bits per heavy atom. The van der Waals surface area contributed by atoms with Gasteiger partial charge in [-0.05, 0) is 11.6 Å². The second kappa shape index (κ2) is 5.60. The Bertz CT molecular complexity index is 587. The number of hydrogen-bond acceptors (Lipinski definition) is 5. The van der Waals surface area contributed by atoms with Gasteiger partial charge in [-0.2, -0.15) is 0 Å². The van der Waals surface area contributed by atoms with Crippen molar-refractivity contribution in [1.82, 2.24) is 5.32 Å². The number of esters is 1. The molecule has 2 atom stereocenters. The average molecular weight is 348 g/mol. The molecule has 2 rings (SSSR count). The zero-order chi connectivity index (χ0) is 14.0. The molecule has 7 heteroatoms. The summed E-state index contributed by atoms with van der Waals surface area (Å²) in [6.45, 7) is 0. The highest BCUT2D eigenvalue weighted by molar-refractivity contribution is 9.10. The maximum Gasteiger partial charge on any atom is 0.323 e. The summed E-state index contributed by atoms with van der Waals surface area (Å²) in [7, 11) is -2.04. The van der Waals surface area contributed by atoms with Gasteiger partial charge in [-0.1, -0.05) is 34.1 Å². The first-order chi connectivity index (χ1) is 8.93. The molecule has 1 aromatic carbocycles. The van der Waals surface area contributed by atoms with Gasteiger partial charge in [0.05, 0.1) is 18.6 Å². The molecule has 19 heavy (non-hydrogen) atoms. The number of carbonyl (C=O) groups is 1. The molecule has 0 amide bonds. The fraction of sp³-hybridized carbons (Fsp3) is 0.417. The molecule has 104 valence electrons. The highest BCUT2D eigenvalue weighted by Crippen LogP contribution is 2.27. The molecule has 0 bridgehead atoms. The van der Waals surface area contributed by atoms with Crippen molar-refractivity contribution in [2.24, 2.45) is 0 Å². The van der Waals surface area contributed by atoms with Gasteiger partial charge in [-0.15, -0.1) is 0 Å². The van der Waals surface area contributed by atoms with Crippen LogP contribution >= 0.6 is 15.9 Å². The zero-order valence-corrected chi connectivity index (χ0v) is 12.7. The standard InChI is InChI=1S/C12H14BrNO4S/c1-18-12(15)11-7-19(16,17)6-10(14-11)8-4-2-3-5-9(8)13/h2-5,10-11,14H,6-7H2,1H3. The molecule has 0 aliphatic carbocycles. The molecule has 1 aliphatic heterocycles. The fourth-order valence-corrected chi connectivity index (χ4v) is 4.35. The van der Waals surface area contributed by atoms with E-state index in [1.807, 2.05) is 24.3 Å². The van der Waals surface area contributed by atoms with Gasteiger partial charge < -0.3 is 4.74 Å². The monoisotopic (exact) mass is 347 g/mol. The molecular formula is C12H14BrNO4S. The van der Waals surface area contributed by atoms with Crippen LogP contribution in [-0.4, -0.2) is 39.0 Å². The lowest BCUT2D eigenvalue weighted by Gasteiger charge is -2.30. The number of carbonyl (C=O) groups excluding carboxylic acids is 1. The van der Waals surface area contributed by atoms with Crippen LogP contribution in [0.25, 0.3) is 0 Å². The molecule has 1 aliphatic rings. The normalized spacial score (nSPS) is 25.8. The molecule has 1 heterocycles. The van der Waals surface area contributed by atoms with Crippen molar-refractivity contribution in [3.8, 4) is 0 Å². The summed E-state index contributed by atoms with van der Waals surface area (Å²) in [4.78, 5) is 11.6. The zero-order valence-electron chi connectivity index (χ0n) is 10.3. The smallest absolute Gasteiger partial charge is 0.323 e. The Morgan fingerprint density at radius 2 is 2.05 bits per heavy atom. The topological polar surface area (TPSA) is 72.5 Å². The van der Waals surface area contributed by atoms with Crippen LogP contribution in [0.3, 0.4) is 0 Å². The Morgan fingerprint density at radius 1 is 1.37 bits per heavy atom. The van der Waals surface area contributed by atoms with E-state index in [9.17, 15) is 13.2 Å². The Hall–Kier alpha value is -0.920. The van der Waals surface area contributed by atoms with Crippen LogP contribution in [0.15, 0.2) is 28.7 Å². The molecule has 1 fully saturated rings. The summed E-state index contributed by atoms with van der Waals surface area (Å²) < 4.78 is 29.3. The third-order valence-electron chi connectivity index (χ3n) is 3.01. The molecule has 0 radical (unpaired) electrons. The van der Waals surface area contributed by atoms with Crippen molar-refractivity contribution in [2.45, 2.75) is 12.1 Å². The van der Waals surface area contributed by atoms with E-state index in [2.05, 4.69) is 26.0 Å². The summed E-state index contributed by atoms with van der Waals surface area (Å²) in [5.41, 5.74) is 0.819. The third-order valence-corrected chi connectivity index (χ3v) is 5.41. The number of sulfone groups is 1. The summed E-state index contributed by atoms with van der Waals surface area (Å²) in [6, 6.07) is 6.11. The van der Waals surface area contributed by atoms with Gasteiger partial charge in [-0.3, -0.25) is 10.1 Å². The largest absolute Gasteiger partial charge is 0.468 e. The lowest BCUT2D eigenvalue weighted by atomic mass is 10.1. The van der Waals surface area contributed by atoms with E-state index >= 15 is 0 Å². The highest BCUT2D eigenvalue weighted by Gasteiger charge is 2.36. The van der Waals surface area contributed by atoms with Crippen molar-refractivity contribution in [2.75, 3.05) is 18.6 Å². The minimum atomic E-state index is -3.29. The van der Waals surface area contributed by atoms with Gasteiger partial charge in [-0.25, -0.2) is 8.42 Å². The van der Waals surface area contributed by atoms with Gasteiger partial charge in [0.2, 0.25) is 0 Å². The molecule has 0 saturated carbocycles. The second-order valence-electron chi connectivity index (χ2n) is 4.39. The predicted molar refractivity (Wildman–Crippen MR) is 74.5 cm³/mol. The maximum absolute atomic E-state index is 11.9. The van der Waals surface area contributed by atoms with Crippen molar-refractivity contribution in [3.05, 3.63) is 34.3 Å². The molecular weight excluding hydrogens is 334 g/mol. The van der Waals surface area contributed by atoms with Crippen molar-refractivity contribution >= 4 is 31.7 Å². The number of halogens is 1. The van der Waals surface area contributed by atoms with E-state index in [-0.39, 0.29) is 11.5 Å². The third kappa shape index (κ3) is 3.34. The summed E-state index contributed by atoms with van der Waals surface area (Å²) in [5, 5.41) is 3.03. The molecule has 2 unspecified atom stereocenters. The molecule has 1 aromatic rings. The van der Waals surface area contributed by atoms with Gasteiger partial charge in [0, 0.05) is 10.5 Å². The van der Waals surface area contributed by atoms with Crippen LogP contribution in [0, 0.1) is 0 Å². The molecule has 0 spiro atoms. The van der Waals surface area contributed by atoms with Gasteiger partial charge in [0.15, 0.2) is 9.84 Å². The first-order valence-electron chi connectivity index (χ1n) is 5.71. The first-order valence-corrected chi connectivity index (χ1v) is 8.33. The van der Waals surface area contributed by atoms with Crippen LogP contribution in [0.4, 0.5) is 0 Å². The van der Waals surface area contributed by atoms with Crippen LogP contribution in [-0.2, 0) is 19.4 Å². The summed E-state index contributed by atoms with van der Waals surface area (Å²) in [5.74, 6) is -0.802. The highest BCUT2D eigenvalue weighted by atomic mass is 79.9. The van der Waals surface area contributed by atoms with Crippen LogP contribution in [0.2, 0.25) is 0 Å². The first kappa shape index (κ1) is 14.5. The van der Waals surface area contributed by atoms with Crippen LogP contribution < -0.4 is 5.32 Å². The van der Waals surface area contributed by atoms with Gasteiger partial charge in [0.1, 0.15) is 6.04 Å². The lowest BCUT2D eigenvalue weighted by molar-refractivity contribution is -0.142. The minimum Gasteiger partial charge on any atom is -0.468 e. The van der Waals surface area contributed by atoms with Crippen molar-refractivity contribution in [3.63, 3.8) is 0 Å². The predicted octanol–water partition coefficient (Wildman–Crippen LogP) is 1.05. The molecule has 1 saturated heterocycles. The van der Waals surface area contributed by atoms with E-state index < -0.39 is 27.9 Å². The number of ether oxygens (including phenoxy) is 1. The van der Waals surface area contributed by atoms with Crippen molar-refractivity contribution < 1.29 is 17.9 Å². The van der Waals surface area contributed by atoms with E-state index in [1.165, 1.54) is 7.11 Å². The Labute approximate surface area is 120 Å². The van der Waals surface area contributed by atoms with Gasteiger partial charge >= 0.3 is 5.97 Å². The Balaban J connectivity index is 2.31. The van der Waals surface area contributed by atoms with Crippen LogP contribution in [0.5, 0.6) is 0 Å². The van der Waals surface area contributed by atoms with Crippen molar-refractivity contribution in [1.29, 1.82) is 0 Å². The van der Waals surface area contributed by atoms with E-state index in [1.54, 1.807) is 0 Å². The van der Waals surface area contributed by atoms with Gasteiger partial charge in [0.25, 0.3) is 0 Å². The quantitative estimate of drug-likeness (QED) is 0.809. The average Bonchev–Trinajstić information content (AvgIpc) is 2.36. The fourth-order valence-electron chi connectivity index (χ4n) is 2.13. The maximum atomic E-state index is 11.9. The summed E-state index contributed by atoms with van der Waals surface area (Å²) >= 11 is 3.39. The number of hydrogen-bond donors (Lipinski definition) is 1. The van der Waals surface area contributed by atoms with E-state index in [4.69, 9.17) is 0 Å². The van der Waals surface area contributed by atoms with Crippen LogP contribution in [0.1, 0.15) is 11.6 Å². The number of benzene rings is 1. The number of nitrogens with one attached hydrogen (secondary N) is 1. The Kier molecular flexibility index (Phi) is 4.27. The molecule has 0 aromatic heterocycles. The van der Waals surface area contributed by atoms with E-state index in [0.29, 0.717) is 0 Å². The molecule has 5 nitrogen and oxygen atoms in total. The summed E-state index contributed by atoms with van der Waals surface area (Å²) in [6.07, 6.45) is 0.